The van der Waals surface area contributed by atoms with Gasteiger partial charge < -0.3 is 15.1 Å². The number of aliphatic hydroxyl groups excluding tert-OH is 1. The number of aryl methyl sites for hydroxylation is 1. The number of allylic oxidation sites excluding steroid dienone is 4. The fraction of sp³-hybridized carbons (Fsp3) is 0.455. The lowest BCUT2D eigenvalue weighted by Crippen LogP contribution is -2.39. The molecule has 1 aliphatic carbocycles. The Bertz CT molecular complexity index is 861. The van der Waals surface area contributed by atoms with Crippen molar-refractivity contribution in [2.45, 2.75) is 50.2 Å². The average Bonchev–Trinajstić information content (AvgIpc) is 3.34. The molecule has 0 saturated carbocycles. The van der Waals surface area contributed by atoms with Gasteiger partial charge in [0.1, 0.15) is 11.0 Å². The fourth-order valence-corrected chi connectivity index (χ4v) is 4.63. The Hall–Kier alpha value is -2.32. The van der Waals surface area contributed by atoms with E-state index >= 15 is 0 Å². The molecule has 1 aliphatic heterocycles. The number of nitrogens with zero attached hydrogens (tertiary/aromatic N) is 1. The van der Waals surface area contributed by atoms with E-state index in [9.17, 15) is 23.5 Å². The summed E-state index contributed by atoms with van der Waals surface area (Å²) in [7, 11) is 0. The highest BCUT2D eigenvalue weighted by molar-refractivity contribution is 7.13. The molecule has 0 spiro atoms. The maximum Gasteiger partial charge on any atom is 0.345 e. The third kappa shape index (κ3) is 5.23. The number of likely N-dealkylation sites (tertiary alicyclic amines) is 1. The predicted octanol–water partition coefficient (Wildman–Crippen LogP) is 4.05. The molecule has 5 nitrogen and oxygen atoms in total. The van der Waals surface area contributed by atoms with Crippen LogP contribution in [0.2, 0.25) is 0 Å². The molecule has 3 atom stereocenters. The van der Waals surface area contributed by atoms with Crippen molar-refractivity contribution in [1.82, 2.24) is 4.90 Å². The Balaban J connectivity index is 1.55. The number of aliphatic hydroxyl groups is 1. The second kappa shape index (κ2) is 9.66. The van der Waals surface area contributed by atoms with Crippen molar-refractivity contribution in [3.05, 3.63) is 58.3 Å². The summed E-state index contributed by atoms with van der Waals surface area (Å²) in [6.45, 7) is 0.455. The topological polar surface area (TPSA) is 77.8 Å². The molecule has 1 saturated heterocycles. The number of carbonyl (C=O) groups is 2. The van der Waals surface area contributed by atoms with E-state index < -0.39 is 23.9 Å². The number of alkyl halides is 2. The highest BCUT2D eigenvalue weighted by Crippen LogP contribution is 2.35. The molecule has 0 bridgehead atoms. The van der Waals surface area contributed by atoms with E-state index in [1.807, 2.05) is 0 Å². The van der Waals surface area contributed by atoms with Crippen molar-refractivity contribution in [2.75, 3.05) is 6.54 Å². The van der Waals surface area contributed by atoms with E-state index in [1.165, 1.54) is 23.5 Å². The van der Waals surface area contributed by atoms with Gasteiger partial charge in [-0.1, -0.05) is 36.5 Å². The van der Waals surface area contributed by atoms with Gasteiger partial charge in [0, 0.05) is 23.8 Å². The minimum Gasteiger partial charge on any atom is -0.477 e. The maximum absolute atomic E-state index is 14.5. The standard InChI is InChI=1S/C22H25F2NO4S/c23-22(24,15-5-2-1-3-6-15)19(26)12-8-16-9-13-20(27)25(16)14-4-7-17-10-11-18(30-17)21(28)29/h1-3,5,8,10-12,15-16,19,26H,4,6-7,9,13-14H2,(H,28,29)/b12-8+/t15?,16-,19?/m0/s1. The summed E-state index contributed by atoms with van der Waals surface area (Å²) in [6, 6.07) is 3.01. The highest BCUT2D eigenvalue weighted by Gasteiger charge is 2.44. The number of hydrogen-bond donors (Lipinski definition) is 2. The second-order valence-electron chi connectivity index (χ2n) is 7.53. The van der Waals surface area contributed by atoms with Crippen LogP contribution in [0.4, 0.5) is 8.78 Å². The van der Waals surface area contributed by atoms with Crippen molar-refractivity contribution < 1.29 is 28.6 Å². The molecule has 3 rings (SSSR count). The van der Waals surface area contributed by atoms with Crippen LogP contribution in [0.15, 0.2) is 48.6 Å². The maximum atomic E-state index is 14.5. The summed E-state index contributed by atoms with van der Waals surface area (Å²) in [5.41, 5.74) is 0. The minimum absolute atomic E-state index is 0.0383. The van der Waals surface area contributed by atoms with Gasteiger partial charge in [-0.3, -0.25) is 4.79 Å². The van der Waals surface area contributed by atoms with Crippen LogP contribution in [-0.2, 0) is 11.2 Å². The van der Waals surface area contributed by atoms with Gasteiger partial charge in [-0.25, -0.2) is 13.6 Å². The first-order valence-corrected chi connectivity index (χ1v) is 10.8. The lowest BCUT2D eigenvalue weighted by Gasteiger charge is -2.28. The second-order valence-corrected chi connectivity index (χ2v) is 8.70. The van der Waals surface area contributed by atoms with Crippen molar-refractivity contribution in [2.24, 2.45) is 5.92 Å². The van der Waals surface area contributed by atoms with Gasteiger partial charge in [-0.05, 0) is 37.8 Å². The average molecular weight is 438 g/mol. The molecule has 162 valence electrons. The molecule has 2 unspecified atom stereocenters. The quantitative estimate of drug-likeness (QED) is 0.572. The molecular formula is C22H25F2NO4S. The smallest absolute Gasteiger partial charge is 0.345 e. The fourth-order valence-electron chi connectivity index (χ4n) is 3.74. The summed E-state index contributed by atoms with van der Waals surface area (Å²) in [5, 5.41) is 19.0. The molecule has 1 amide bonds. The molecule has 2 aliphatic rings. The number of carboxylic acid groups (broad SMARTS) is 1. The molecule has 8 heteroatoms. The van der Waals surface area contributed by atoms with E-state index in [0.717, 1.165) is 11.0 Å². The summed E-state index contributed by atoms with van der Waals surface area (Å²) in [5.74, 6) is -5.33. The first-order valence-electron chi connectivity index (χ1n) is 9.98. The lowest BCUT2D eigenvalue weighted by atomic mass is 9.90. The van der Waals surface area contributed by atoms with E-state index in [0.29, 0.717) is 32.2 Å². The molecular weight excluding hydrogens is 412 g/mol. The highest BCUT2D eigenvalue weighted by atomic mass is 32.1. The zero-order valence-electron chi connectivity index (χ0n) is 16.4. The lowest BCUT2D eigenvalue weighted by molar-refractivity contribution is -0.128. The Morgan fingerprint density at radius 1 is 1.37 bits per heavy atom. The van der Waals surface area contributed by atoms with E-state index in [4.69, 9.17) is 5.11 Å². The zero-order valence-corrected chi connectivity index (χ0v) is 17.2. The van der Waals surface area contributed by atoms with Crippen molar-refractivity contribution in [3.8, 4) is 0 Å². The molecule has 1 fully saturated rings. The Labute approximate surface area is 178 Å². The van der Waals surface area contributed by atoms with Gasteiger partial charge in [-0.15, -0.1) is 11.3 Å². The number of hydrogen-bond acceptors (Lipinski definition) is 4. The number of amides is 1. The molecule has 1 aromatic rings. The van der Waals surface area contributed by atoms with Gasteiger partial charge in [0.05, 0.1) is 6.04 Å². The van der Waals surface area contributed by atoms with E-state index in [2.05, 4.69) is 0 Å². The number of aromatic carboxylic acids is 1. The van der Waals surface area contributed by atoms with E-state index in [1.54, 1.807) is 35.3 Å². The number of carbonyl (C=O) groups excluding carboxylic acids is 1. The number of halogens is 2. The Morgan fingerprint density at radius 2 is 2.17 bits per heavy atom. The third-order valence-corrected chi connectivity index (χ3v) is 6.59. The van der Waals surface area contributed by atoms with Crippen LogP contribution < -0.4 is 0 Å². The zero-order chi connectivity index (χ0) is 21.7. The molecule has 0 radical (unpaired) electrons. The molecule has 30 heavy (non-hydrogen) atoms. The Kier molecular flexibility index (Phi) is 7.20. The first kappa shape index (κ1) is 22.4. The van der Waals surface area contributed by atoms with Gasteiger partial charge in [0.2, 0.25) is 5.91 Å². The first-order chi connectivity index (χ1) is 14.3. The SMILES string of the molecule is O=C(O)c1ccc(CCCN2C(=O)CC[C@@H]2/C=C/C(O)C(F)(F)C2C=CC=CC2)s1. The molecule has 2 heterocycles. The number of rotatable bonds is 9. The third-order valence-electron chi connectivity index (χ3n) is 5.45. The minimum atomic E-state index is -3.29. The van der Waals surface area contributed by atoms with Gasteiger partial charge in [0.15, 0.2) is 0 Å². The van der Waals surface area contributed by atoms with Crippen molar-refractivity contribution >= 4 is 23.2 Å². The number of carboxylic acids is 1. The molecule has 2 N–H and O–H groups in total. The van der Waals surface area contributed by atoms with Crippen LogP contribution in [0.1, 0.15) is 40.2 Å². The largest absolute Gasteiger partial charge is 0.477 e. The Morgan fingerprint density at radius 3 is 2.83 bits per heavy atom. The summed E-state index contributed by atoms with van der Waals surface area (Å²) in [6.07, 6.45) is 9.36. The normalized spacial score (nSPS) is 22.9. The summed E-state index contributed by atoms with van der Waals surface area (Å²) < 4.78 is 29.0. The van der Waals surface area contributed by atoms with Crippen LogP contribution in [0.25, 0.3) is 0 Å². The van der Waals surface area contributed by atoms with Gasteiger partial charge >= 0.3 is 5.97 Å². The van der Waals surface area contributed by atoms with E-state index in [-0.39, 0.29) is 23.2 Å². The van der Waals surface area contributed by atoms with Crippen molar-refractivity contribution in [1.29, 1.82) is 0 Å². The molecule has 1 aromatic heterocycles. The summed E-state index contributed by atoms with van der Waals surface area (Å²) >= 11 is 1.21. The van der Waals surface area contributed by atoms with Crippen LogP contribution in [0, 0.1) is 5.92 Å². The van der Waals surface area contributed by atoms with Gasteiger partial charge in [-0.2, -0.15) is 0 Å². The predicted molar refractivity (Wildman–Crippen MR) is 111 cm³/mol. The van der Waals surface area contributed by atoms with Crippen LogP contribution in [0.5, 0.6) is 0 Å². The van der Waals surface area contributed by atoms with Crippen molar-refractivity contribution in [3.63, 3.8) is 0 Å². The van der Waals surface area contributed by atoms with Crippen LogP contribution in [0.3, 0.4) is 0 Å². The number of thiophene rings is 1. The van der Waals surface area contributed by atoms with Crippen LogP contribution in [-0.4, -0.2) is 51.6 Å². The molecule has 0 aromatic carbocycles. The van der Waals surface area contributed by atoms with Gasteiger partial charge in [0.25, 0.3) is 5.92 Å². The monoisotopic (exact) mass is 437 g/mol. The summed E-state index contributed by atoms with van der Waals surface area (Å²) in [4.78, 5) is 26.0. The van der Waals surface area contributed by atoms with Crippen LogP contribution >= 0.6 is 11.3 Å².